The summed E-state index contributed by atoms with van der Waals surface area (Å²) in [5.74, 6) is 0.157. The molecule has 1 heterocycles. The minimum atomic E-state index is -0.136. The first kappa shape index (κ1) is 24.2. The predicted octanol–water partition coefficient (Wildman–Crippen LogP) is 7.36. The maximum atomic E-state index is 12.6. The molecule has 6 heteroatoms. The SMILES string of the molecule is Cc1ccc2c(c1)c(/C=N\NC(=O)CSc1cccc3ccccc13)c(C)n2Cc1ccc(Cl)cc1. The molecule has 180 valence electrons. The number of hydrazone groups is 1. The molecule has 1 N–H and O–H groups in total. The van der Waals surface area contributed by atoms with Crippen LogP contribution in [0.3, 0.4) is 0 Å². The molecule has 0 bridgehead atoms. The zero-order valence-corrected chi connectivity index (χ0v) is 21.7. The van der Waals surface area contributed by atoms with Gasteiger partial charge in [0.05, 0.1) is 12.0 Å². The van der Waals surface area contributed by atoms with Gasteiger partial charge in [0, 0.05) is 38.6 Å². The van der Waals surface area contributed by atoms with E-state index in [0.29, 0.717) is 5.75 Å². The number of fused-ring (bicyclic) bond motifs is 2. The molecule has 0 spiro atoms. The number of thioether (sulfide) groups is 1. The first-order valence-electron chi connectivity index (χ1n) is 11.8. The Morgan fingerprint density at radius 2 is 1.75 bits per heavy atom. The number of hydrogen-bond donors (Lipinski definition) is 1. The Morgan fingerprint density at radius 3 is 2.58 bits per heavy atom. The summed E-state index contributed by atoms with van der Waals surface area (Å²) in [5, 5.41) is 8.48. The van der Waals surface area contributed by atoms with E-state index >= 15 is 0 Å². The van der Waals surface area contributed by atoms with Crippen LogP contribution < -0.4 is 5.43 Å². The fourth-order valence-electron chi connectivity index (χ4n) is 4.43. The van der Waals surface area contributed by atoms with Crippen LogP contribution in [0.4, 0.5) is 0 Å². The van der Waals surface area contributed by atoms with E-state index in [2.05, 4.69) is 65.3 Å². The highest BCUT2D eigenvalue weighted by atomic mass is 35.5. The summed E-state index contributed by atoms with van der Waals surface area (Å²) in [6, 6.07) is 28.7. The van der Waals surface area contributed by atoms with Crippen molar-refractivity contribution < 1.29 is 4.79 Å². The van der Waals surface area contributed by atoms with Crippen LogP contribution in [0.1, 0.15) is 22.4 Å². The summed E-state index contributed by atoms with van der Waals surface area (Å²) in [7, 11) is 0. The average molecular weight is 512 g/mol. The fourth-order valence-corrected chi connectivity index (χ4v) is 5.42. The zero-order valence-electron chi connectivity index (χ0n) is 20.2. The highest BCUT2D eigenvalue weighted by Crippen LogP contribution is 2.28. The molecule has 0 aliphatic heterocycles. The van der Waals surface area contributed by atoms with Crippen molar-refractivity contribution in [2.24, 2.45) is 5.10 Å². The van der Waals surface area contributed by atoms with Gasteiger partial charge in [-0.1, -0.05) is 71.8 Å². The van der Waals surface area contributed by atoms with Crippen molar-refractivity contribution in [2.45, 2.75) is 25.3 Å². The van der Waals surface area contributed by atoms with Gasteiger partial charge in [0.1, 0.15) is 0 Å². The number of nitrogens with zero attached hydrogens (tertiary/aromatic N) is 2. The Bertz CT molecular complexity index is 1580. The maximum Gasteiger partial charge on any atom is 0.250 e. The normalized spacial score (nSPS) is 11.5. The van der Waals surface area contributed by atoms with Crippen molar-refractivity contribution in [3.05, 3.63) is 112 Å². The predicted molar refractivity (Wildman–Crippen MR) is 152 cm³/mol. The van der Waals surface area contributed by atoms with Crippen LogP contribution in [-0.4, -0.2) is 22.4 Å². The number of aryl methyl sites for hydroxylation is 1. The smallest absolute Gasteiger partial charge is 0.250 e. The first-order valence-corrected chi connectivity index (χ1v) is 13.1. The Balaban J connectivity index is 1.33. The molecule has 0 radical (unpaired) electrons. The number of halogens is 1. The number of hydrogen-bond acceptors (Lipinski definition) is 3. The monoisotopic (exact) mass is 511 g/mol. The highest BCUT2D eigenvalue weighted by molar-refractivity contribution is 8.00. The lowest BCUT2D eigenvalue weighted by Gasteiger charge is -2.09. The van der Waals surface area contributed by atoms with E-state index < -0.39 is 0 Å². The Morgan fingerprint density at radius 1 is 0.972 bits per heavy atom. The van der Waals surface area contributed by atoms with E-state index in [9.17, 15) is 4.79 Å². The van der Waals surface area contributed by atoms with Gasteiger partial charge >= 0.3 is 0 Å². The molecule has 0 unspecified atom stereocenters. The summed E-state index contributed by atoms with van der Waals surface area (Å²) in [5.41, 5.74) is 8.28. The average Bonchev–Trinajstić information content (AvgIpc) is 3.14. The molecule has 0 saturated heterocycles. The van der Waals surface area contributed by atoms with Crippen LogP contribution in [0.2, 0.25) is 5.02 Å². The second-order valence-electron chi connectivity index (χ2n) is 8.79. The fraction of sp³-hybridized carbons (Fsp3) is 0.133. The standard InChI is InChI=1S/C30H26ClN3OS/c1-20-10-15-28-26(16-20)27(21(2)34(28)18-22-11-13-24(31)14-12-22)17-32-33-30(35)19-36-29-9-5-7-23-6-3-4-8-25(23)29/h3-17H,18-19H2,1-2H3,(H,33,35)/b32-17-. The van der Waals surface area contributed by atoms with Gasteiger partial charge < -0.3 is 4.57 Å². The minimum absolute atomic E-state index is 0.136. The van der Waals surface area contributed by atoms with Gasteiger partial charge in [-0.25, -0.2) is 5.43 Å². The molecular weight excluding hydrogens is 486 g/mol. The van der Waals surface area contributed by atoms with Crippen molar-refractivity contribution in [1.82, 2.24) is 9.99 Å². The molecule has 5 aromatic rings. The molecule has 1 amide bonds. The quantitative estimate of drug-likeness (QED) is 0.141. The third-order valence-electron chi connectivity index (χ3n) is 6.27. The summed E-state index contributed by atoms with van der Waals surface area (Å²) in [4.78, 5) is 13.6. The summed E-state index contributed by atoms with van der Waals surface area (Å²) < 4.78 is 2.28. The summed E-state index contributed by atoms with van der Waals surface area (Å²) in [6.07, 6.45) is 1.76. The summed E-state index contributed by atoms with van der Waals surface area (Å²) in [6.45, 7) is 4.90. The van der Waals surface area contributed by atoms with Crippen LogP contribution in [0, 0.1) is 13.8 Å². The van der Waals surface area contributed by atoms with Gasteiger partial charge in [-0.15, -0.1) is 11.8 Å². The minimum Gasteiger partial charge on any atom is -0.340 e. The van der Waals surface area contributed by atoms with Crippen LogP contribution in [0.25, 0.3) is 21.7 Å². The van der Waals surface area contributed by atoms with Gasteiger partial charge in [-0.05, 0) is 60.5 Å². The first-order chi connectivity index (χ1) is 17.5. The van der Waals surface area contributed by atoms with Crippen LogP contribution in [-0.2, 0) is 11.3 Å². The third kappa shape index (κ3) is 5.18. The molecule has 0 aliphatic carbocycles. The van der Waals surface area contributed by atoms with Crippen molar-refractivity contribution in [3.63, 3.8) is 0 Å². The lowest BCUT2D eigenvalue weighted by Crippen LogP contribution is -2.19. The second-order valence-corrected chi connectivity index (χ2v) is 10.2. The molecule has 0 fully saturated rings. The Hall–Kier alpha value is -3.54. The molecule has 4 nitrogen and oxygen atoms in total. The Kier molecular flexibility index (Phi) is 7.12. The number of amides is 1. The van der Waals surface area contributed by atoms with Crippen molar-refractivity contribution in [1.29, 1.82) is 0 Å². The van der Waals surface area contributed by atoms with E-state index in [1.54, 1.807) is 6.21 Å². The number of benzene rings is 4. The number of carbonyl (C=O) groups is 1. The van der Waals surface area contributed by atoms with E-state index in [4.69, 9.17) is 11.6 Å². The third-order valence-corrected chi connectivity index (χ3v) is 7.60. The van der Waals surface area contributed by atoms with E-state index in [0.717, 1.165) is 44.0 Å². The van der Waals surface area contributed by atoms with Gasteiger partial charge in [0.25, 0.3) is 0 Å². The highest BCUT2D eigenvalue weighted by Gasteiger charge is 2.14. The van der Waals surface area contributed by atoms with Gasteiger partial charge in [-0.3, -0.25) is 4.79 Å². The number of nitrogens with one attached hydrogen (secondary N) is 1. The molecule has 0 aliphatic rings. The second kappa shape index (κ2) is 10.6. The lowest BCUT2D eigenvalue weighted by atomic mass is 10.1. The number of rotatable bonds is 7. The van der Waals surface area contributed by atoms with E-state index in [1.165, 1.54) is 28.3 Å². The summed E-state index contributed by atoms with van der Waals surface area (Å²) >= 11 is 7.59. The van der Waals surface area contributed by atoms with Gasteiger partial charge in [-0.2, -0.15) is 5.10 Å². The molecule has 0 saturated carbocycles. The number of aromatic nitrogens is 1. The topological polar surface area (TPSA) is 46.4 Å². The van der Waals surface area contributed by atoms with Crippen LogP contribution in [0.5, 0.6) is 0 Å². The molecule has 0 atom stereocenters. The van der Waals surface area contributed by atoms with E-state index in [-0.39, 0.29) is 5.91 Å². The largest absolute Gasteiger partial charge is 0.340 e. The molecule has 36 heavy (non-hydrogen) atoms. The van der Waals surface area contributed by atoms with Crippen molar-refractivity contribution >= 4 is 57.2 Å². The molecule has 4 aromatic carbocycles. The molecule has 1 aromatic heterocycles. The lowest BCUT2D eigenvalue weighted by molar-refractivity contribution is -0.118. The van der Waals surface area contributed by atoms with E-state index in [1.807, 2.05) is 48.5 Å². The van der Waals surface area contributed by atoms with Crippen LogP contribution in [0.15, 0.2) is 94.9 Å². The van der Waals surface area contributed by atoms with Gasteiger partial charge in [0.15, 0.2) is 0 Å². The zero-order chi connectivity index (χ0) is 25.1. The van der Waals surface area contributed by atoms with Crippen molar-refractivity contribution in [3.8, 4) is 0 Å². The maximum absolute atomic E-state index is 12.6. The van der Waals surface area contributed by atoms with Crippen LogP contribution >= 0.6 is 23.4 Å². The van der Waals surface area contributed by atoms with Crippen molar-refractivity contribution in [2.75, 3.05) is 5.75 Å². The van der Waals surface area contributed by atoms with Gasteiger partial charge in [0.2, 0.25) is 5.91 Å². The molecule has 5 rings (SSSR count). The molecular formula is C30H26ClN3OS. The number of carbonyl (C=O) groups excluding carboxylic acids is 1. The Labute approximate surface area is 220 Å².